The average molecular weight is 550 g/mol. The van der Waals surface area contributed by atoms with E-state index in [9.17, 15) is 18.0 Å². The van der Waals surface area contributed by atoms with Crippen molar-refractivity contribution in [2.24, 2.45) is 5.92 Å². The first-order valence-corrected chi connectivity index (χ1v) is 13.4. The van der Waals surface area contributed by atoms with Gasteiger partial charge in [0.05, 0.1) is 26.9 Å². The summed E-state index contributed by atoms with van der Waals surface area (Å²) < 4.78 is 55.5. The second-order valence-corrected chi connectivity index (χ2v) is 10.2. The van der Waals surface area contributed by atoms with Crippen LogP contribution in [0.1, 0.15) is 30.4 Å². The second kappa shape index (κ2) is 12.9. The summed E-state index contributed by atoms with van der Waals surface area (Å²) in [6, 6.07) is 11.7. The molecule has 0 unspecified atom stereocenters. The fraction of sp³-hybridized carbons (Fsp3) is 0.552. The zero-order valence-electron chi connectivity index (χ0n) is 22.9. The number of rotatable bonds is 9. The van der Waals surface area contributed by atoms with Gasteiger partial charge < -0.3 is 19.1 Å². The van der Waals surface area contributed by atoms with Crippen LogP contribution in [0.15, 0.2) is 42.5 Å². The van der Waals surface area contributed by atoms with Crippen molar-refractivity contribution in [3.05, 3.63) is 53.6 Å². The number of piperidine rings is 1. The molecule has 10 heteroatoms. The summed E-state index contributed by atoms with van der Waals surface area (Å²) in [4.78, 5) is 18.9. The van der Waals surface area contributed by atoms with Gasteiger partial charge in [-0.05, 0) is 49.6 Å². The molecule has 2 aliphatic rings. The number of alkyl halides is 3. The third kappa shape index (κ3) is 7.36. The van der Waals surface area contributed by atoms with Crippen LogP contribution in [-0.2, 0) is 22.3 Å². The van der Waals surface area contributed by atoms with Gasteiger partial charge in [0, 0.05) is 69.0 Å². The number of hydrogen-bond donors (Lipinski definition) is 0. The number of esters is 1. The van der Waals surface area contributed by atoms with E-state index in [-0.39, 0.29) is 11.9 Å². The van der Waals surface area contributed by atoms with E-state index in [0.717, 1.165) is 68.7 Å². The van der Waals surface area contributed by atoms with Crippen LogP contribution in [0.2, 0.25) is 0 Å². The van der Waals surface area contributed by atoms with E-state index in [0.29, 0.717) is 31.2 Å². The molecule has 0 aliphatic carbocycles. The lowest BCUT2D eigenvalue weighted by molar-refractivity contribution is -0.141. The standard InChI is InChI=1S/C29H38F3N3O4/c1-37-25-9-7-22(27(18-25)38-2)20-33-12-11-26(21(19-33)8-10-28(36)39-3)35-15-13-34(14-16-35)24-6-4-5-23(17-24)29(30,31)32/h4-7,9,17-18,21,26H,8,10-16,19-20H2,1-3H3/t21-,26+/m1/s1. The lowest BCUT2D eigenvalue weighted by atomic mass is 9.86. The zero-order valence-corrected chi connectivity index (χ0v) is 22.9. The van der Waals surface area contributed by atoms with E-state index >= 15 is 0 Å². The average Bonchev–Trinajstić information content (AvgIpc) is 2.96. The van der Waals surface area contributed by atoms with Crippen molar-refractivity contribution in [2.75, 3.05) is 65.5 Å². The Balaban J connectivity index is 1.41. The number of nitrogens with zero attached hydrogens (tertiary/aromatic N) is 3. The molecule has 39 heavy (non-hydrogen) atoms. The molecule has 0 N–H and O–H groups in total. The molecule has 0 amide bonds. The number of piperazine rings is 1. The molecule has 2 heterocycles. The molecule has 0 aromatic heterocycles. The topological polar surface area (TPSA) is 54.5 Å². The van der Waals surface area contributed by atoms with Gasteiger partial charge in [-0.15, -0.1) is 0 Å². The summed E-state index contributed by atoms with van der Waals surface area (Å²) in [5, 5.41) is 0. The minimum atomic E-state index is -4.35. The molecule has 0 saturated carbocycles. The molecule has 2 saturated heterocycles. The van der Waals surface area contributed by atoms with Crippen LogP contribution in [0.3, 0.4) is 0 Å². The van der Waals surface area contributed by atoms with Gasteiger partial charge in [0.2, 0.25) is 0 Å². The highest BCUT2D eigenvalue weighted by Gasteiger charge is 2.36. The Morgan fingerprint density at radius 2 is 1.74 bits per heavy atom. The van der Waals surface area contributed by atoms with Crippen LogP contribution in [0.4, 0.5) is 18.9 Å². The van der Waals surface area contributed by atoms with Gasteiger partial charge in [-0.3, -0.25) is 14.6 Å². The predicted molar refractivity (Wildman–Crippen MR) is 143 cm³/mol. The van der Waals surface area contributed by atoms with Gasteiger partial charge in [-0.1, -0.05) is 12.1 Å². The highest BCUT2D eigenvalue weighted by molar-refractivity contribution is 5.69. The fourth-order valence-corrected chi connectivity index (χ4v) is 5.82. The highest BCUT2D eigenvalue weighted by atomic mass is 19.4. The minimum absolute atomic E-state index is 0.211. The number of carbonyl (C=O) groups excluding carboxylic acids is 1. The monoisotopic (exact) mass is 549 g/mol. The Bertz CT molecular complexity index is 1110. The van der Waals surface area contributed by atoms with Crippen molar-refractivity contribution in [1.29, 1.82) is 0 Å². The fourth-order valence-electron chi connectivity index (χ4n) is 5.82. The largest absolute Gasteiger partial charge is 0.497 e. The number of benzene rings is 2. The van der Waals surface area contributed by atoms with Gasteiger partial charge in [-0.25, -0.2) is 0 Å². The van der Waals surface area contributed by atoms with Crippen LogP contribution in [-0.4, -0.2) is 82.4 Å². The van der Waals surface area contributed by atoms with E-state index in [4.69, 9.17) is 14.2 Å². The number of methoxy groups -OCH3 is 3. The van der Waals surface area contributed by atoms with Crippen LogP contribution < -0.4 is 14.4 Å². The molecule has 2 aromatic carbocycles. The first kappa shape index (κ1) is 29.0. The SMILES string of the molecule is COC(=O)CC[C@@H]1CN(Cc2ccc(OC)cc2OC)CC[C@@H]1N1CCN(c2cccc(C(F)(F)F)c2)CC1. The van der Waals surface area contributed by atoms with E-state index in [1.54, 1.807) is 20.3 Å². The number of likely N-dealkylation sites (tertiary alicyclic amines) is 1. The van der Waals surface area contributed by atoms with Crippen molar-refractivity contribution >= 4 is 11.7 Å². The lowest BCUT2D eigenvalue weighted by Gasteiger charge is -2.47. The summed E-state index contributed by atoms with van der Waals surface area (Å²) in [7, 11) is 4.70. The summed E-state index contributed by atoms with van der Waals surface area (Å²) >= 11 is 0. The number of anilines is 1. The van der Waals surface area contributed by atoms with E-state index < -0.39 is 11.7 Å². The number of carbonyl (C=O) groups is 1. The summed E-state index contributed by atoms with van der Waals surface area (Å²) in [5.41, 5.74) is 1.07. The van der Waals surface area contributed by atoms with Gasteiger partial charge in [0.25, 0.3) is 0 Å². The first-order valence-electron chi connectivity index (χ1n) is 13.4. The van der Waals surface area contributed by atoms with E-state index in [1.807, 2.05) is 23.1 Å². The second-order valence-electron chi connectivity index (χ2n) is 10.2. The molecule has 0 radical (unpaired) electrons. The van der Waals surface area contributed by atoms with Crippen molar-refractivity contribution in [3.8, 4) is 11.5 Å². The molecule has 2 fully saturated rings. The molecule has 2 atom stereocenters. The van der Waals surface area contributed by atoms with Crippen molar-refractivity contribution in [2.45, 2.75) is 38.0 Å². The van der Waals surface area contributed by atoms with Crippen molar-refractivity contribution < 1.29 is 32.2 Å². The maximum absolute atomic E-state index is 13.2. The Morgan fingerprint density at radius 3 is 2.41 bits per heavy atom. The molecule has 7 nitrogen and oxygen atoms in total. The van der Waals surface area contributed by atoms with Crippen LogP contribution in [0, 0.1) is 5.92 Å². The molecular formula is C29H38F3N3O4. The Labute approximate surface area is 228 Å². The van der Waals surface area contributed by atoms with E-state index in [1.165, 1.54) is 19.2 Å². The zero-order chi connectivity index (χ0) is 28.0. The molecule has 2 aromatic rings. The molecule has 214 valence electrons. The molecular weight excluding hydrogens is 511 g/mol. The normalized spacial score (nSPS) is 21.0. The number of halogens is 3. The maximum Gasteiger partial charge on any atom is 0.416 e. The van der Waals surface area contributed by atoms with Crippen molar-refractivity contribution in [1.82, 2.24) is 9.80 Å². The quantitative estimate of drug-likeness (QED) is 0.421. The molecule has 2 aliphatic heterocycles. The maximum atomic E-state index is 13.2. The third-order valence-corrected chi connectivity index (χ3v) is 7.93. The summed E-state index contributed by atoms with van der Waals surface area (Å²) in [5.74, 6) is 1.59. The molecule has 0 spiro atoms. The van der Waals surface area contributed by atoms with Gasteiger partial charge in [-0.2, -0.15) is 13.2 Å². The predicted octanol–water partition coefficient (Wildman–Crippen LogP) is 4.69. The van der Waals surface area contributed by atoms with Crippen LogP contribution in [0.25, 0.3) is 0 Å². The van der Waals surface area contributed by atoms with Crippen LogP contribution in [0.5, 0.6) is 11.5 Å². The minimum Gasteiger partial charge on any atom is -0.497 e. The first-order chi connectivity index (χ1) is 18.7. The number of hydrogen-bond acceptors (Lipinski definition) is 7. The third-order valence-electron chi connectivity index (χ3n) is 7.93. The Hall–Kier alpha value is -2.98. The molecule has 4 rings (SSSR count). The lowest BCUT2D eigenvalue weighted by Crippen LogP contribution is -2.56. The van der Waals surface area contributed by atoms with Crippen LogP contribution >= 0.6 is 0 Å². The van der Waals surface area contributed by atoms with Gasteiger partial charge in [0.15, 0.2) is 0 Å². The van der Waals surface area contributed by atoms with E-state index in [2.05, 4.69) is 9.80 Å². The highest BCUT2D eigenvalue weighted by Crippen LogP contribution is 2.34. The van der Waals surface area contributed by atoms with Gasteiger partial charge in [0.1, 0.15) is 11.5 Å². The summed E-state index contributed by atoms with van der Waals surface area (Å²) in [6.07, 6.45) is -2.31. The molecule has 0 bridgehead atoms. The number of ether oxygens (including phenoxy) is 3. The summed E-state index contributed by atoms with van der Waals surface area (Å²) in [6.45, 7) is 5.33. The Kier molecular flexibility index (Phi) is 9.61. The van der Waals surface area contributed by atoms with Crippen molar-refractivity contribution in [3.63, 3.8) is 0 Å². The van der Waals surface area contributed by atoms with Gasteiger partial charge >= 0.3 is 12.1 Å². The smallest absolute Gasteiger partial charge is 0.416 e. The Morgan fingerprint density at radius 1 is 0.974 bits per heavy atom.